The third-order valence-electron chi connectivity index (χ3n) is 4.94. The Balaban J connectivity index is 1.66. The maximum Gasteiger partial charge on any atom is 0.118 e. The number of methoxy groups -OCH3 is 1. The van der Waals surface area contributed by atoms with E-state index in [-0.39, 0.29) is 0 Å². The fourth-order valence-corrected chi connectivity index (χ4v) is 4.34. The number of benzene rings is 1. The number of hydrogen-bond acceptors (Lipinski definition) is 3. The van der Waals surface area contributed by atoms with Crippen molar-refractivity contribution in [3.8, 4) is 5.75 Å². The molecule has 3 rings (SSSR count). The Hall–Kier alpha value is -0.670. The summed E-state index contributed by atoms with van der Waals surface area (Å²) in [7, 11) is 1.73. The summed E-state index contributed by atoms with van der Waals surface area (Å²) in [5.41, 5.74) is 1.43. The van der Waals surface area contributed by atoms with Crippen molar-refractivity contribution in [1.82, 2.24) is 5.32 Å². The van der Waals surface area contributed by atoms with Crippen LogP contribution in [0.25, 0.3) is 0 Å². The molecule has 1 N–H and O–H groups in total. The summed E-state index contributed by atoms with van der Waals surface area (Å²) in [6.07, 6.45) is 10.5. The van der Waals surface area contributed by atoms with Gasteiger partial charge in [0.1, 0.15) is 5.75 Å². The standard InChI is InChI=1S/C18H27NOS/c1-20-16-10-8-14(9-11-16)18(13-6-7-13)19-15-4-3-5-17(12-15)21-2/h8-11,13,15,17-19H,3-7,12H2,1-2H3. The zero-order valence-corrected chi connectivity index (χ0v) is 14.0. The third kappa shape index (κ3) is 3.95. The van der Waals surface area contributed by atoms with Gasteiger partial charge in [-0.25, -0.2) is 0 Å². The van der Waals surface area contributed by atoms with Crippen molar-refractivity contribution < 1.29 is 4.74 Å². The lowest BCUT2D eigenvalue weighted by atomic mass is 9.92. The van der Waals surface area contributed by atoms with Crippen LogP contribution in [0.2, 0.25) is 0 Å². The molecule has 2 saturated carbocycles. The second-order valence-corrected chi connectivity index (χ2v) is 7.61. The van der Waals surface area contributed by atoms with Gasteiger partial charge in [0.2, 0.25) is 0 Å². The fraction of sp³-hybridized carbons (Fsp3) is 0.667. The van der Waals surface area contributed by atoms with Crippen LogP contribution >= 0.6 is 11.8 Å². The molecule has 2 aliphatic carbocycles. The first-order valence-corrected chi connectivity index (χ1v) is 9.51. The number of ether oxygens (including phenoxy) is 1. The minimum atomic E-state index is 0.543. The van der Waals surface area contributed by atoms with Gasteiger partial charge in [-0.3, -0.25) is 0 Å². The van der Waals surface area contributed by atoms with Gasteiger partial charge in [-0.15, -0.1) is 0 Å². The molecule has 21 heavy (non-hydrogen) atoms. The normalized spacial score (nSPS) is 27.3. The largest absolute Gasteiger partial charge is 0.497 e. The molecule has 2 fully saturated rings. The van der Waals surface area contributed by atoms with E-state index >= 15 is 0 Å². The van der Waals surface area contributed by atoms with Gasteiger partial charge in [-0.05, 0) is 62.0 Å². The van der Waals surface area contributed by atoms with E-state index in [1.807, 2.05) is 11.8 Å². The Morgan fingerprint density at radius 3 is 2.52 bits per heavy atom. The van der Waals surface area contributed by atoms with E-state index in [0.717, 1.165) is 16.9 Å². The highest BCUT2D eigenvalue weighted by atomic mass is 32.2. The summed E-state index contributed by atoms with van der Waals surface area (Å²) >= 11 is 2.04. The van der Waals surface area contributed by atoms with Gasteiger partial charge < -0.3 is 10.1 Å². The highest BCUT2D eigenvalue weighted by Gasteiger charge is 2.34. The zero-order chi connectivity index (χ0) is 14.7. The SMILES string of the molecule is COc1ccc(C(NC2CCCC(SC)C2)C2CC2)cc1. The van der Waals surface area contributed by atoms with Crippen LogP contribution in [0, 0.1) is 5.92 Å². The van der Waals surface area contributed by atoms with Crippen molar-refractivity contribution >= 4 is 11.8 Å². The third-order valence-corrected chi connectivity index (χ3v) is 6.04. The Morgan fingerprint density at radius 2 is 1.90 bits per heavy atom. The molecule has 2 aliphatic rings. The summed E-state index contributed by atoms with van der Waals surface area (Å²) in [6, 6.07) is 9.91. The molecule has 3 heteroatoms. The molecular formula is C18H27NOS. The summed E-state index contributed by atoms with van der Waals surface area (Å²) < 4.78 is 5.28. The molecule has 0 bridgehead atoms. The first-order chi connectivity index (χ1) is 10.3. The molecule has 0 spiro atoms. The minimum Gasteiger partial charge on any atom is -0.497 e. The van der Waals surface area contributed by atoms with Gasteiger partial charge in [0.05, 0.1) is 7.11 Å². The van der Waals surface area contributed by atoms with E-state index in [4.69, 9.17) is 4.74 Å². The van der Waals surface area contributed by atoms with E-state index in [0.29, 0.717) is 12.1 Å². The Morgan fingerprint density at radius 1 is 1.14 bits per heavy atom. The monoisotopic (exact) mass is 305 g/mol. The van der Waals surface area contributed by atoms with Crippen LogP contribution in [-0.2, 0) is 0 Å². The van der Waals surface area contributed by atoms with Crippen molar-refractivity contribution in [3.63, 3.8) is 0 Å². The summed E-state index contributed by atoms with van der Waals surface area (Å²) in [6.45, 7) is 0. The summed E-state index contributed by atoms with van der Waals surface area (Å²) in [4.78, 5) is 0. The number of thioether (sulfide) groups is 1. The van der Waals surface area contributed by atoms with E-state index in [9.17, 15) is 0 Å². The topological polar surface area (TPSA) is 21.3 Å². The van der Waals surface area contributed by atoms with Crippen molar-refractivity contribution in [2.75, 3.05) is 13.4 Å². The van der Waals surface area contributed by atoms with Crippen LogP contribution in [0.1, 0.15) is 50.1 Å². The van der Waals surface area contributed by atoms with Crippen molar-refractivity contribution in [2.24, 2.45) is 5.92 Å². The van der Waals surface area contributed by atoms with Gasteiger partial charge in [-0.2, -0.15) is 11.8 Å². The van der Waals surface area contributed by atoms with E-state index < -0.39 is 0 Å². The van der Waals surface area contributed by atoms with Gasteiger partial charge >= 0.3 is 0 Å². The smallest absolute Gasteiger partial charge is 0.118 e. The highest BCUT2D eigenvalue weighted by Crippen LogP contribution is 2.42. The number of hydrogen-bond donors (Lipinski definition) is 1. The van der Waals surface area contributed by atoms with Crippen LogP contribution in [0.15, 0.2) is 24.3 Å². The van der Waals surface area contributed by atoms with Crippen molar-refractivity contribution in [3.05, 3.63) is 29.8 Å². The Kier molecular flexibility index (Phi) is 5.12. The lowest BCUT2D eigenvalue weighted by Gasteiger charge is -2.32. The fourth-order valence-electron chi connectivity index (χ4n) is 3.51. The first-order valence-electron chi connectivity index (χ1n) is 8.23. The molecule has 3 unspecified atom stereocenters. The first kappa shape index (κ1) is 15.2. The molecule has 2 nitrogen and oxygen atoms in total. The van der Waals surface area contributed by atoms with E-state index in [1.54, 1.807) is 7.11 Å². The molecule has 0 radical (unpaired) electrons. The average Bonchev–Trinajstić information content (AvgIpc) is 3.38. The molecule has 0 saturated heterocycles. The van der Waals surface area contributed by atoms with Crippen molar-refractivity contribution in [1.29, 1.82) is 0 Å². The lowest BCUT2D eigenvalue weighted by molar-refractivity contribution is 0.328. The molecule has 0 amide bonds. The molecule has 0 heterocycles. The van der Waals surface area contributed by atoms with Crippen LogP contribution in [0.4, 0.5) is 0 Å². The van der Waals surface area contributed by atoms with Crippen molar-refractivity contribution in [2.45, 2.75) is 55.9 Å². The second-order valence-electron chi connectivity index (χ2n) is 6.48. The maximum absolute atomic E-state index is 5.28. The van der Waals surface area contributed by atoms with Crippen LogP contribution in [0.3, 0.4) is 0 Å². The van der Waals surface area contributed by atoms with Gasteiger partial charge in [0.15, 0.2) is 0 Å². The summed E-state index contributed by atoms with van der Waals surface area (Å²) in [5, 5.41) is 4.84. The molecule has 0 aliphatic heterocycles. The molecule has 116 valence electrons. The van der Waals surface area contributed by atoms with Crippen LogP contribution in [-0.4, -0.2) is 24.7 Å². The minimum absolute atomic E-state index is 0.543. The highest BCUT2D eigenvalue weighted by molar-refractivity contribution is 7.99. The average molecular weight is 305 g/mol. The van der Waals surface area contributed by atoms with Crippen LogP contribution in [0.5, 0.6) is 5.75 Å². The summed E-state index contributed by atoms with van der Waals surface area (Å²) in [5.74, 6) is 1.79. The molecule has 3 atom stereocenters. The zero-order valence-electron chi connectivity index (χ0n) is 13.2. The quantitative estimate of drug-likeness (QED) is 0.841. The van der Waals surface area contributed by atoms with Gasteiger partial charge in [0, 0.05) is 17.3 Å². The number of nitrogens with one attached hydrogen (secondary N) is 1. The Bertz CT molecular complexity index is 443. The predicted molar refractivity (Wildman–Crippen MR) is 91.2 cm³/mol. The van der Waals surface area contributed by atoms with Crippen LogP contribution < -0.4 is 10.1 Å². The molecule has 1 aromatic carbocycles. The number of rotatable bonds is 6. The predicted octanol–water partition coefficient (Wildman–Crippen LogP) is 4.41. The van der Waals surface area contributed by atoms with Gasteiger partial charge in [0.25, 0.3) is 0 Å². The molecule has 1 aromatic rings. The maximum atomic E-state index is 5.28. The van der Waals surface area contributed by atoms with E-state index in [2.05, 4.69) is 35.8 Å². The molecule has 0 aromatic heterocycles. The van der Waals surface area contributed by atoms with Gasteiger partial charge in [-0.1, -0.05) is 18.6 Å². The Labute approximate surface area is 133 Å². The lowest BCUT2D eigenvalue weighted by Crippen LogP contribution is -2.38. The second kappa shape index (κ2) is 7.06. The van der Waals surface area contributed by atoms with E-state index in [1.165, 1.54) is 44.1 Å². The molecular weight excluding hydrogens is 278 g/mol.